The van der Waals surface area contributed by atoms with Crippen LogP contribution in [0.3, 0.4) is 0 Å². The zero-order valence-corrected chi connectivity index (χ0v) is 29.2. The highest BCUT2D eigenvalue weighted by molar-refractivity contribution is 5.70. The van der Waals surface area contributed by atoms with Crippen molar-refractivity contribution >= 4 is 0 Å². The fraction of sp³-hybridized carbons (Fsp3) is 0.385. The van der Waals surface area contributed by atoms with Crippen molar-refractivity contribution in [1.82, 2.24) is 9.80 Å². The molecule has 10 heteroatoms. The average molecular weight is 669 g/mol. The predicted octanol–water partition coefficient (Wildman–Crippen LogP) is 6.88. The molecule has 8 rings (SSSR count). The first-order chi connectivity index (χ1) is 23.8. The molecule has 0 aromatic heterocycles. The van der Waals surface area contributed by atoms with Crippen LogP contribution >= 0.6 is 0 Å². The molecule has 10 nitrogen and oxygen atoms in total. The van der Waals surface area contributed by atoms with Crippen molar-refractivity contribution in [2.24, 2.45) is 0 Å². The Kier molecular flexibility index (Phi) is 8.85. The second-order valence-corrected chi connectivity index (χ2v) is 12.9. The molecule has 4 aromatic carbocycles. The van der Waals surface area contributed by atoms with E-state index in [1.54, 1.807) is 41.6 Å². The first kappa shape index (κ1) is 32.7. The summed E-state index contributed by atoms with van der Waals surface area (Å²) in [5.41, 5.74) is 6.15. The van der Waals surface area contributed by atoms with E-state index in [1.807, 2.05) is 18.2 Å². The number of hydrogen-bond donors (Lipinski definition) is 1. The standard InChI is InChI=1S/C39H44N2O8/c1-40-14-12-23-18-31(43-3)34-20-27(23)28(40)16-22-8-10-25(11-9-22)48-33-19-24(30(42)21-32(33)44-4)17-29-35-26(13-15-41(29)2)36(45-5)38(46-6)39(47-7)37(35)49-34/h8-11,18-21,28-29,42H,12-17H2,1-7H3/t28-,29-/m0/s1. The van der Waals surface area contributed by atoms with Crippen LogP contribution in [-0.4, -0.2) is 77.6 Å². The average Bonchev–Trinajstić information content (AvgIpc) is 3.11. The summed E-state index contributed by atoms with van der Waals surface area (Å²) >= 11 is 0. The zero-order valence-electron chi connectivity index (χ0n) is 29.2. The van der Waals surface area contributed by atoms with E-state index < -0.39 is 0 Å². The third-order valence-electron chi connectivity index (χ3n) is 10.3. The van der Waals surface area contributed by atoms with Crippen LogP contribution in [0.2, 0.25) is 0 Å². The predicted molar refractivity (Wildman–Crippen MR) is 186 cm³/mol. The molecule has 0 amide bonds. The number of aromatic hydroxyl groups is 1. The van der Waals surface area contributed by atoms with Gasteiger partial charge in [0.1, 0.15) is 11.5 Å². The number of ether oxygens (including phenoxy) is 7. The first-order valence-corrected chi connectivity index (χ1v) is 16.6. The van der Waals surface area contributed by atoms with Gasteiger partial charge in [0.15, 0.2) is 34.5 Å². The van der Waals surface area contributed by atoms with Crippen molar-refractivity contribution in [1.29, 1.82) is 0 Å². The van der Waals surface area contributed by atoms with Gasteiger partial charge in [0.2, 0.25) is 11.5 Å². The largest absolute Gasteiger partial charge is 0.508 e. The molecular formula is C39H44N2O8. The second kappa shape index (κ2) is 13.2. The van der Waals surface area contributed by atoms with Gasteiger partial charge >= 0.3 is 0 Å². The third-order valence-corrected chi connectivity index (χ3v) is 10.3. The first-order valence-electron chi connectivity index (χ1n) is 16.6. The maximum absolute atomic E-state index is 11.3. The topological polar surface area (TPSA) is 91.3 Å². The molecule has 0 unspecified atom stereocenters. The van der Waals surface area contributed by atoms with Crippen LogP contribution in [-0.2, 0) is 25.7 Å². The molecule has 1 N–H and O–H groups in total. The van der Waals surface area contributed by atoms with Crippen LogP contribution in [0.4, 0.5) is 0 Å². The maximum atomic E-state index is 11.3. The Morgan fingerprint density at radius 2 is 1.31 bits per heavy atom. The molecule has 258 valence electrons. The molecule has 4 aromatic rings. The number of rotatable bonds is 5. The Labute approximate surface area is 287 Å². The van der Waals surface area contributed by atoms with Gasteiger partial charge in [-0.2, -0.15) is 0 Å². The van der Waals surface area contributed by atoms with Gasteiger partial charge in [-0.05, 0) is 92.4 Å². The smallest absolute Gasteiger partial charge is 0.208 e. The maximum Gasteiger partial charge on any atom is 0.208 e. The van der Waals surface area contributed by atoms with Gasteiger partial charge in [0.25, 0.3) is 0 Å². The number of methoxy groups -OCH3 is 5. The second-order valence-electron chi connectivity index (χ2n) is 12.9. The highest BCUT2D eigenvalue weighted by atomic mass is 16.6. The molecule has 4 aliphatic rings. The fourth-order valence-electron chi connectivity index (χ4n) is 7.63. The number of nitrogens with zero attached hydrogens (tertiary/aromatic N) is 2. The molecule has 0 saturated heterocycles. The Bertz CT molecular complexity index is 1880. The fourth-order valence-corrected chi connectivity index (χ4v) is 7.63. The Morgan fingerprint density at radius 1 is 0.653 bits per heavy atom. The van der Waals surface area contributed by atoms with Crippen LogP contribution in [0.15, 0.2) is 48.5 Å². The molecular weight excluding hydrogens is 624 g/mol. The summed E-state index contributed by atoms with van der Waals surface area (Å²) in [5.74, 6) is 4.98. The minimum atomic E-state index is -0.250. The monoisotopic (exact) mass is 668 g/mol. The lowest BCUT2D eigenvalue weighted by molar-refractivity contribution is 0.215. The van der Waals surface area contributed by atoms with E-state index in [4.69, 9.17) is 33.2 Å². The van der Waals surface area contributed by atoms with E-state index >= 15 is 0 Å². The molecule has 0 aliphatic carbocycles. The van der Waals surface area contributed by atoms with Crippen molar-refractivity contribution < 1.29 is 38.3 Å². The highest BCUT2D eigenvalue weighted by Crippen LogP contribution is 2.56. The molecule has 0 fully saturated rings. The molecule has 0 saturated carbocycles. The summed E-state index contributed by atoms with van der Waals surface area (Å²) in [5, 5.41) is 11.3. The lowest BCUT2D eigenvalue weighted by atomic mass is 9.86. The van der Waals surface area contributed by atoms with Crippen LogP contribution in [0.1, 0.15) is 45.5 Å². The van der Waals surface area contributed by atoms with Gasteiger partial charge in [-0.3, -0.25) is 9.80 Å². The van der Waals surface area contributed by atoms with Crippen LogP contribution in [0.5, 0.6) is 57.5 Å². The molecule has 4 heterocycles. The van der Waals surface area contributed by atoms with Gasteiger partial charge in [-0.15, -0.1) is 0 Å². The Balaban J connectivity index is 1.51. The Hall–Kier alpha value is -4.80. The lowest BCUT2D eigenvalue weighted by Crippen LogP contribution is -2.34. The SMILES string of the molecule is COc1cc(O)c2cc1Oc1ccc(cc1)C[C@H]1c3cc(c(OC)cc3CCN1C)Oc1c(OC)c(OC)c(OC)c3c1[C@H](C2)N(C)CC3. The Morgan fingerprint density at radius 3 is 2.00 bits per heavy atom. The molecule has 0 radical (unpaired) electrons. The molecule has 2 atom stereocenters. The van der Waals surface area contributed by atoms with Crippen LogP contribution in [0, 0.1) is 0 Å². The quantitative estimate of drug-likeness (QED) is 0.243. The summed E-state index contributed by atoms with van der Waals surface area (Å²) < 4.78 is 43.1. The number of phenolic OH excluding ortho intramolecular Hbond substituents is 1. The van der Waals surface area contributed by atoms with Gasteiger partial charge in [-0.25, -0.2) is 0 Å². The molecule has 6 bridgehead atoms. The van der Waals surface area contributed by atoms with E-state index in [0.29, 0.717) is 70.2 Å². The van der Waals surface area contributed by atoms with Gasteiger partial charge in [-0.1, -0.05) is 12.1 Å². The number of benzene rings is 4. The van der Waals surface area contributed by atoms with E-state index in [9.17, 15) is 5.11 Å². The van der Waals surface area contributed by atoms with Crippen molar-refractivity contribution in [3.63, 3.8) is 0 Å². The van der Waals surface area contributed by atoms with Crippen LogP contribution in [0.25, 0.3) is 0 Å². The molecule has 4 aliphatic heterocycles. The zero-order chi connectivity index (χ0) is 34.4. The number of phenols is 1. The van der Waals surface area contributed by atoms with Gasteiger partial charge < -0.3 is 38.3 Å². The number of hydrogen-bond acceptors (Lipinski definition) is 10. The van der Waals surface area contributed by atoms with Crippen molar-refractivity contribution in [2.45, 2.75) is 37.8 Å². The van der Waals surface area contributed by atoms with Crippen molar-refractivity contribution in [3.8, 4) is 57.5 Å². The van der Waals surface area contributed by atoms with E-state index in [0.717, 1.165) is 37.1 Å². The summed E-state index contributed by atoms with van der Waals surface area (Å²) in [6.07, 6.45) is 2.81. The normalized spacial score (nSPS) is 18.7. The van der Waals surface area contributed by atoms with Gasteiger partial charge in [0, 0.05) is 42.4 Å². The molecule has 49 heavy (non-hydrogen) atoms. The van der Waals surface area contributed by atoms with Crippen LogP contribution < -0.4 is 33.2 Å². The summed E-state index contributed by atoms with van der Waals surface area (Å²) in [6, 6.07) is 15.8. The van der Waals surface area contributed by atoms with Gasteiger partial charge in [0.05, 0.1) is 35.5 Å². The van der Waals surface area contributed by atoms with E-state index in [2.05, 4.69) is 48.2 Å². The van der Waals surface area contributed by atoms with E-state index in [-0.39, 0.29) is 17.8 Å². The van der Waals surface area contributed by atoms with Crippen molar-refractivity contribution in [2.75, 3.05) is 62.7 Å². The van der Waals surface area contributed by atoms with E-state index in [1.165, 1.54) is 16.7 Å². The summed E-state index contributed by atoms with van der Waals surface area (Å²) in [6.45, 7) is 1.67. The molecule has 0 spiro atoms. The minimum absolute atomic E-state index is 0.107. The highest BCUT2D eigenvalue weighted by Gasteiger charge is 2.38. The number of likely N-dealkylation sites (N-methyl/N-ethyl adjacent to an activating group) is 2. The lowest BCUT2D eigenvalue weighted by Gasteiger charge is -2.38. The number of fused-ring (bicyclic) bond motifs is 2. The van der Waals surface area contributed by atoms with Crippen molar-refractivity contribution in [3.05, 3.63) is 81.9 Å². The third kappa shape index (κ3) is 5.72. The summed E-state index contributed by atoms with van der Waals surface area (Å²) in [4.78, 5) is 4.66. The minimum Gasteiger partial charge on any atom is -0.508 e. The summed E-state index contributed by atoms with van der Waals surface area (Å²) in [7, 11) is 12.3.